The smallest absolute Gasteiger partial charge is 0.260 e. The number of imide groups is 1. The van der Waals surface area contributed by atoms with Crippen LogP contribution < -0.4 is 4.90 Å². The number of thiophene rings is 2. The van der Waals surface area contributed by atoms with E-state index in [0.29, 0.717) is 23.6 Å². The van der Waals surface area contributed by atoms with Crippen molar-refractivity contribution in [1.29, 1.82) is 0 Å². The van der Waals surface area contributed by atoms with Gasteiger partial charge in [-0.25, -0.2) is 4.85 Å². The molecule has 0 bridgehead atoms. The summed E-state index contributed by atoms with van der Waals surface area (Å²) in [6.07, 6.45) is 10.6. The van der Waals surface area contributed by atoms with E-state index in [1.54, 1.807) is 18.3 Å². The fraction of sp³-hybridized carbons (Fsp3) is 0.340. The van der Waals surface area contributed by atoms with E-state index in [1.807, 2.05) is 29.5 Å². The highest BCUT2D eigenvalue weighted by Gasteiger charge is 2.37. The predicted octanol–water partition coefficient (Wildman–Crippen LogP) is 14.4. The Bertz CT molecular complexity index is 2440. The molecule has 8 heteroatoms. The minimum Gasteiger partial charge on any atom is -0.339 e. The first-order chi connectivity index (χ1) is 28.3. The van der Waals surface area contributed by atoms with Gasteiger partial charge in [-0.05, 0) is 97.3 Å². The molecule has 298 valence electrons. The molecule has 0 saturated heterocycles. The third kappa shape index (κ3) is 8.34. The lowest BCUT2D eigenvalue weighted by Crippen LogP contribution is -2.44. The van der Waals surface area contributed by atoms with Crippen LogP contribution in [0.1, 0.15) is 90.9 Å². The molecule has 0 N–H and O–H groups in total. The Labute approximate surface area is 351 Å². The van der Waals surface area contributed by atoms with Gasteiger partial charge in [0.05, 0.1) is 27.0 Å². The summed E-state index contributed by atoms with van der Waals surface area (Å²) in [6, 6.07) is 34.5. The summed E-state index contributed by atoms with van der Waals surface area (Å²) in [5.41, 5.74) is 7.91. The molecule has 2 atom stereocenters. The summed E-state index contributed by atoms with van der Waals surface area (Å²) < 4.78 is 4.99. The summed E-state index contributed by atoms with van der Waals surface area (Å²) >= 11 is 3.53. The van der Waals surface area contributed by atoms with Crippen molar-refractivity contribution in [2.45, 2.75) is 92.5 Å². The van der Waals surface area contributed by atoms with Crippen LogP contribution in [0.25, 0.3) is 41.8 Å². The third-order valence-corrected chi connectivity index (χ3v) is 14.1. The SMILES string of the molecule is [C-]#[N+]C1=C(C)/C(=C\c2cc3c(s2)c2sc(-c4ccc(N(c5ccccc5)c5ccccc5)cc4)cc2n3CC(CC)CCCC)C(=O)N(CC(CC)CCCC)C1=O. The first-order valence-corrected chi connectivity index (χ1v) is 22.7. The number of hydrogen-bond donors (Lipinski definition) is 0. The van der Waals surface area contributed by atoms with E-state index < -0.39 is 5.91 Å². The molecule has 3 aromatic heterocycles. The van der Waals surface area contributed by atoms with Gasteiger partial charge in [0.2, 0.25) is 0 Å². The molecule has 0 fully saturated rings. The zero-order valence-corrected chi connectivity index (χ0v) is 36.1. The molecule has 6 nitrogen and oxygen atoms in total. The number of anilines is 3. The zero-order chi connectivity index (χ0) is 40.8. The maximum absolute atomic E-state index is 14.1. The van der Waals surface area contributed by atoms with Gasteiger partial charge in [-0.15, -0.1) is 22.7 Å². The summed E-state index contributed by atoms with van der Waals surface area (Å²) in [4.78, 5) is 37.1. The highest BCUT2D eigenvalue weighted by Crippen LogP contribution is 2.45. The second-order valence-electron chi connectivity index (χ2n) is 15.5. The minimum atomic E-state index is -0.459. The van der Waals surface area contributed by atoms with Crippen LogP contribution in [0, 0.1) is 18.4 Å². The Morgan fingerprint density at radius 2 is 1.26 bits per heavy atom. The van der Waals surface area contributed by atoms with Crippen LogP contribution in [0.4, 0.5) is 17.1 Å². The number of benzene rings is 3. The largest absolute Gasteiger partial charge is 0.339 e. The lowest BCUT2D eigenvalue weighted by Gasteiger charge is -2.30. The van der Waals surface area contributed by atoms with Crippen molar-refractivity contribution in [3.63, 3.8) is 0 Å². The van der Waals surface area contributed by atoms with E-state index in [2.05, 4.69) is 127 Å². The maximum atomic E-state index is 14.1. The highest BCUT2D eigenvalue weighted by atomic mass is 32.1. The van der Waals surface area contributed by atoms with Crippen LogP contribution in [-0.2, 0) is 16.1 Å². The first-order valence-electron chi connectivity index (χ1n) is 21.0. The Hall–Kier alpha value is -5.23. The lowest BCUT2D eigenvalue weighted by atomic mass is 9.94. The Kier molecular flexibility index (Phi) is 13.1. The van der Waals surface area contributed by atoms with E-state index in [-0.39, 0.29) is 17.5 Å². The van der Waals surface area contributed by atoms with Crippen molar-refractivity contribution in [3.8, 4) is 10.4 Å². The monoisotopic (exact) mass is 806 g/mol. The molecular formula is C50H54N4O2S2. The van der Waals surface area contributed by atoms with E-state index in [9.17, 15) is 9.59 Å². The van der Waals surface area contributed by atoms with E-state index >= 15 is 0 Å². The van der Waals surface area contributed by atoms with Gasteiger partial charge in [-0.2, -0.15) is 0 Å². The van der Waals surface area contributed by atoms with Gasteiger partial charge in [0.15, 0.2) is 0 Å². The number of aromatic nitrogens is 1. The topological polar surface area (TPSA) is 49.9 Å². The number of para-hydroxylation sites is 2. The summed E-state index contributed by atoms with van der Waals surface area (Å²) in [6.45, 7) is 19.8. The predicted molar refractivity (Wildman–Crippen MR) is 246 cm³/mol. The Balaban J connectivity index is 1.28. The van der Waals surface area contributed by atoms with E-state index in [0.717, 1.165) is 60.6 Å². The number of rotatable bonds is 17. The van der Waals surface area contributed by atoms with Crippen LogP contribution in [0.5, 0.6) is 0 Å². The fourth-order valence-corrected chi connectivity index (χ4v) is 10.6. The van der Waals surface area contributed by atoms with Crippen LogP contribution in [0.15, 0.2) is 114 Å². The number of amides is 2. The standard InChI is InChI=1S/C50H54N4O2S2/c1-7-11-19-35(9-3)32-52-43-30-41(29-42-34(5)46(51-6)50(56)53(49(42)55)33-36(10-4)20-12-8-2)57-47(43)48-44(52)31-45(58-48)37-25-27-40(28-26-37)54(38-21-15-13-16-22-38)39-23-17-14-18-24-39/h13-18,21-31,35-36H,7-12,19-20,32-33H2,1-5H3/b42-29+. The molecule has 3 aromatic carbocycles. The number of carbonyl (C=O) groups is 2. The summed E-state index contributed by atoms with van der Waals surface area (Å²) in [5, 5.41) is 0. The van der Waals surface area contributed by atoms with Crippen molar-refractivity contribution in [1.82, 2.24) is 9.47 Å². The van der Waals surface area contributed by atoms with Gasteiger partial charge in [0.25, 0.3) is 17.5 Å². The van der Waals surface area contributed by atoms with Crippen molar-refractivity contribution < 1.29 is 9.59 Å². The molecule has 2 unspecified atom stereocenters. The van der Waals surface area contributed by atoms with E-state index in [1.165, 1.54) is 55.0 Å². The first kappa shape index (κ1) is 40.9. The molecule has 1 aliphatic heterocycles. The fourth-order valence-electron chi connectivity index (χ4n) is 8.20. The molecule has 4 heterocycles. The number of nitrogens with zero attached hydrogens (tertiary/aromatic N) is 4. The van der Waals surface area contributed by atoms with Crippen LogP contribution in [-0.4, -0.2) is 27.8 Å². The summed E-state index contributed by atoms with van der Waals surface area (Å²) in [7, 11) is 0. The van der Waals surface area contributed by atoms with E-state index in [4.69, 9.17) is 6.57 Å². The average Bonchev–Trinajstić information content (AvgIpc) is 3.94. The molecule has 58 heavy (non-hydrogen) atoms. The zero-order valence-electron chi connectivity index (χ0n) is 34.5. The minimum absolute atomic E-state index is 0.0514. The van der Waals surface area contributed by atoms with Gasteiger partial charge >= 0.3 is 0 Å². The van der Waals surface area contributed by atoms with Crippen LogP contribution in [0.3, 0.4) is 0 Å². The lowest BCUT2D eigenvalue weighted by molar-refractivity contribution is -0.141. The Morgan fingerprint density at radius 3 is 1.83 bits per heavy atom. The van der Waals surface area contributed by atoms with Gasteiger partial charge in [0, 0.05) is 45.5 Å². The Morgan fingerprint density at radius 1 is 0.707 bits per heavy atom. The molecule has 1 aliphatic rings. The van der Waals surface area contributed by atoms with Gasteiger partial charge in [-0.3, -0.25) is 14.5 Å². The van der Waals surface area contributed by atoms with Crippen molar-refractivity contribution in [3.05, 3.63) is 130 Å². The highest BCUT2D eigenvalue weighted by molar-refractivity contribution is 7.29. The molecule has 0 radical (unpaired) electrons. The molecular weight excluding hydrogens is 753 g/mol. The molecule has 6 aromatic rings. The molecule has 2 amide bonds. The summed E-state index contributed by atoms with van der Waals surface area (Å²) in [5.74, 6) is 0.0163. The van der Waals surface area contributed by atoms with Gasteiger partial charge in [0.1, 0.15) is 0 Å². The quantitative estimate of drug-likeness (QED) is 0.0524. The second kappa shape index (κ2) is 18.6. The maximum Gasteiger partial charge on any atom is 0.260 e. The van der Waals surface area contributed by atoms with Crippen LogP contribution >= 0.6 is 22.7 Å². The number of carbonyl (C=O) groups excluding carboxylic acids is 2. The molecule has 0 aliphatic carbocycles. The van der Waals surface area contributed by atoms with Crippen molar-refractivity contribution >= 4 is 78.1 Å². The third-order valence-electron chi connectivity index (χ3n) is 11.7. The second-order valence-corrected chi connectivity index (χ2v) is 17.7. The van der Waals surface area contributed by atoms with Crippen LogP contribution in [0.2, 0.25) is 0 Å². The van der Waals surface area contributed by atoms with Crippen molar-refractivity contribution in [2.75, 3.05) is 11.4 Å². The number of hydrogen-bond acceptors (Lipinski definition) is 5. The molecule has 0 saturated carbocycles. The van der Waals surface area contributed by atoms with Gasteiger partial charge < -0.3 is 9.47 Å². The van der Waals surface area contributed by atoms with Gasteiger partial charge in [-0.1, -0.05) is 115 Å². The van der Waals surface area contributed by atoms with Crippen molar-refractivity contribution in [2.24, 2.45) is 11.8 Å². The average molecular weight is 807 g/mol. The molecule has 7 rings (SSSR count). The normalized spacial score (nSPS) is 15.2. The number of unbranched alkanes of at least 4 members (excludes halogenated alkanes) is 2. The number of fused-ring (bicyclic) bond motifs is 3. The molecule has 0 spiro atoms.